The van der Waals surface area contributed by atoms with Gasteiger partial charge in [0, 0.05) is 4.88 Å². The lowest BCUT2D eigenvalue weighted by Crippen LogP contribution is -2.38. The largest absolute Gasteiger partial charge is 0.409 e. The molecule has 0 saturated heterocycles. The summed E-state index contributed by atoms with van der Waals surface area (Å²) in [6.07, 6.45) is 0.489. The summed E-state index contributed by atoms with van der Waals surface area (Å²) in [5.41, 5.74) is 8.08. The highest BCUT2D eigenvalue weighted by Crippen LogP contribution is 2.12. The first-order valence-electron chi connectivity index (χ1n) is 5.24. The first kappa shape index (κ1) is 13.4. The van der Waals surface area contributed by atoms with Crippen molar-refractivity contribution in [3.05, 3.63) is 16.1 Å². The van der Waals surface area contributed by atoms with Gasteiger partial charge in [-0.2, -0.15) is 0 Å². The predicted octanol–water partition coefficient (Wildman–Crippen LogP) is 0.840. The van der Waals surface area contributed by atoms with E-state index < -0.39 is 5.92 Å². The molecule has 0 bridgehead atoms. The minimum absolute atomic E-state index is 0.0639. The summed E-state index contributed by atoms with van der Waals surface area (Å²) in [6, 6.07) is 0. The van der Waals surface area contributed by atoms with Crippen LogP contribution in [0, 0.1) is 12.8 Å². The van der Waals surface area contributed by atoms with Gasteiger partial charge in [0.15, 0.2) is 5.84 Å². The predicted molar refractivity (Wildman–Crippen MR) is 65.9 cm³/mol. The lowest BCUT2D eigenvalue weighted by Gasteiger charge is -2.12. The van der Waals surface area contributed by atoms with E-state index >= 15 is 0 Å². The number of aryl methyl sites for hydroxylation is 1. The molecule has 0 aliphatic carbocycles. The number of oxime groups is 1. The Balaban J connectivity index is 2.57. The number of nitrogens with one attached hydrogen (secondary N) is 1. The summed E-state index contributed by atoms with van der Waals surface area (Å²) in [5, 5.41) is 14.2. The highest BCUT2D eigenvalue weighted by molar-refractivity contribution is 7.09. The van der Waals surface area contributed by atoms with Crippen LogP contribution in [0.1, 0.15) is 23.9 Å². The van der Waals surface area contributed by atoms with Crippen molar-refractivity contribution in [3.63, 3.8) is 0 Å². The summed E-state index contributed by atoms with van der Waals surface area (Å²) in [5.74, 6) is -0.894. The van der Waals surface area contributed by atoms with E-state index in [4.69, 9.17) is 10.9 Å². The Morgan fingerprint density at radius 3 is 2.94 bits per heavy atom. The highest BCUT2D eigenvalue weighted by atomic mass is 32.1. The van der Waals surface area contributed by atoms with Crippen LogP contribution in [-0.2, 0) is 11.3 Å². The van der Waals surface area contributed by atoms with Gasteiger partial charge in [-0.15, -0.1) is 11.3 Å². The SMILES string of the molecule is CCC(C(=O)NCc1scnc1C)/C(N)=N/O. The fourth-order valence-corrected chi connectivity index (χ4v) is 2.10. The van der Waals surface area contributed by atoms with Gasteiger partial charge in [0.25, 0.3) is 0 Å². The van der Waals surface area contributed by atoms with Crippen LogP contribution < -0.4 is 11.1 Å². The molecule has 7 heteroatoms. The number of nitrogens with zero attached hydrogens (tertiary/aromatic N) is 2. The summed E-state index contributed by atoms with van der Waals surface area (Å²) in [4.78, 5) is 16.9. The van der Waals surface area contributed by atoms with E-state index in [2.05, 4.69) is 15.5 Å². The minimum atomic E-state index is -0.590. The van der Waals surface area contributed by atoms with Crippen LogP contribution in [-0.4, -0.2) is 21.9 Å². The molecule has 17 heavy (non-hydrogen) atoms. The molecule has 1 aromatic heterocycles. The smallest absolute Gasteiger partial charge is 0.231 e. The van der Waals surface area contributed by atoms with Crippen molar-refractivity contribution in [3.8, 4) is 0 Å². The first-order chi connectivity index (χ1) is 8.10. The number of carbonyl (C=O) groups excluding carboxylic acids is 1. The van der Waals surface area contributed by atoms with Crippen LogP contribution in [0.5, 0.6) is 0 Å². The van der Waals surface area contributed by atoms with Crippen molar-refractivity contribution in [1.82, 2.24) is 10.3 Å². The van der Waals surface area contributed by atoms with E-state index in [1.54, 1.807) is 12.4 Å². The molecule has 4 N–H and O–H groups in total. The number of amides is 1. The number of carbonyl (C=O) groups is 1. The zero-order chi connectivity index (χ0) is 12.8. The number of hydrogen-bond acceptors (Lipinski definition) is 5. The molecular weight excluding hydrogens is 240 g/mol. The molecule has 1 rings (SSSR count). The molecule has 0 aromatic carbocycles. The topological polar surface area (TPSA) is 101 Å². The van der Waals surface area contributed by atoms with E-state index in [-0.39, 0.29) is 11.7 Å². The Bertz CT molecular complexity index is 416. The summed E-state index contributed by atoms with van der Waals surface area (Å²) in [6.45, 7) is 4.11. The number of aromatic nitrogens is 1. The molecule has 1 amide bonds. The van der Waals surface area contributed by atoms with Gasteiger partial charge >= 0.3 is 0 Å². The average molecular weight is 256 g/mol. The molecule has 0 spiro atoms. The monoisotopic (exact) mass is 256 g/mol. The van der Waals surface area contributed by atoms with Crippen LogP contribution in [0.25, 0.3) is 0 Å². The van der Waals surface area contributed by atoms with Crippen LogP contribution in [0.15, 0.2) is 10.7 Å². The number of hydrogen-bond donors (Lipinski definition) is 3. The number of thiazole rings is 1. The molecule has 1 aromatic rings. The van der Waals surface area contributed by atoms with E-state index in [1.807, 2.05) is 6.92 Å². The Hall–Kier alpha value is -1.63. The average Bonchev–Trinajstić information content (AvgIpc) is 2.72. The van der Waals surface area contributed by atoms with E-state index in [9.17, 15) is 4.79 Å². The molecule has 0 aliphatic rings. The second-order valence-corrected chi connectivity index (χ2v) is 4.50. The summed E-state index contributed by atoms with van der Waals surface area (Å²) < 4.78 is 0. The Labute approximate surface area is 104 Å². The molecule has 0 fully saturated rings. The third kappa shape index (κ3) is 3.42. The van der Waals surface area contributed by atoms with Gasteiger partial charge in [-0.3, -0.25) is 4.79 Å². The minimum Gasteiger partial charge on any atom is -0.409 e. The summed E-state index contributed by atoms with van der Waals surface area (Å²) >= 11 is 1.49. The van der Waals surface area contributed by atoms with Gasteiger partial charge in [0.05, 0.1) is 23.7 Å². The zero-order valence-electron chi connectivity index (χ0n) is 9.80. The van der Waals surface area contributed by atoms with E-state index in [1.165, 1.54) is 11.3 Å². The fraction of sp³-hybridized carbons (Fsp3) is 0.500. The molecule has 0 aliphatic heterocycles. The van der Waals surface area contributed by atoms with Gasteiger partial charge in [-0.05, 0) is 13.3 Å². The van der Waals surface area contributed by atoms with Gasteiger partial charge in [0.2, 0.25) is 5.91 Å². The van der Waals surface area contributed by atoms with Crippen molar-refractivity contribution in [2.24, 2.45) is 16.8 Å². The molecule has 1 atom stereocenters. The first-order valence-corrected chi connectivity index (χ1v) is 6.12. The molecule has 6 nitrogen and oxygen atoms in total. The second-order valence-electron chi connectivity index (χ2n) is 3.56. The van der Waals surface area contributed by atoms with Gasteiger partial charge in [-0.25, -0.2) is 4.98 Å². The maximum atomic E-state index is 11.8. The van der Waals surface area contributed by atoms with Crippen LogP contribution in [0.3, 0.4) is 0 Å². The molecule has 0 radical (unpaired) electrons. The number of amidine groups is 1. The highest BCUT2D eigenvalue weighted by Gasteiger charge is 2.21. The second kappa shape index (κ2) is 6.19. The van der Waals surface area contributed by atoms with Crippen molar-refractivity contribution in [2.75, 3.05) is 0 Å². The maximum absolute atomic E-state index is 11.8. The number of rotatable bonds is 5. The van der Waals surface area contributed by atoms with Gasteiger partial charge < -0.3 is 16.3 Å². The Kier molecular flexibility index (Phi) is 4.89. The standard InChI is InChI=1S/C10H16N4O2S/c1-3-7(9(11)14-16)10(15)12-4-8-6(2)13-5-17-8/h5,7,16H,3-4H2,1-2H3,(H2,11,14)(H,12,15). The van der Waals surface area contributed by atoms with Crippen LogP contribution in [0.4, 0.5) is 0 Å². The van der Waals surface area contributed by atoms with Gasteiger partial charge in [-0.1, -0.05) is 12.1 Å². The molecule has 1 unspecified atom stereocenters. The molecule has 0 saturated carbocycles. The van der Waals surface area contributed by atoms with Crippen molar-refractivity contribution >= 4 is 23.1 Å². The normalized spacial score (nSPS) is 13.4. The molecular formula is C10H16N4O2S. The maximum Gasteiger partial charge on any atom is 0.231 e. The van der Waals surface area contributed by atoms with E-state index in [0.29, 0.717) is 13.0 Å². The lowest BCUT2D eigenvalue weighted by atomic mass is 10.0. The Morgan fingerprint density at radius 2 is 2.47 bits per heavy atom. The third-order valence-corrected chi connectivity index (χ3v) is 3.40. The quantitative estimate of drug-likeness (QED) is 0.314. The van der Waals surface area contributed by atoms with Crippen molar-refractivity contribution < 1.29 is 10.0 Å². The van der Waals surface area contributed by atoms with Gasteiger partial charge in [0.1, 0.15) is 0 Å². The van der Waals surface area contributed by atoms with Crippen LogP contribution in [0.2, 0.25) is 0 Å². The third-order valence-electron chi connectivity index (χ3n) is 2.47. The molecule has 1 heterocycles. The number of nitrogens with two attached hydrogens (primary N) is 1. The van der Waals surface area contributed by atoms with Crippen molar-refractivity contribution in [2.45, 2.75) is 26.8 Å². The van der Waals surface area contributed by atoms with E-state index in [0.717, 1.165) is 10.6 Å². The Morgan fingerprint density at radius 1 is 1.76 bits per heavy atom. The summed E-state index contributed by atoms with van der Waals surface area (Å²) in [7, 11) is 0. The zero-order valence-corrected chi connectivity index (χ0v) is 10.6. The van der Waals surface area contributed by atoms with Crippen molar-refractivity contribution in [1.29, 1.82) is 0 Å². The van der Waals surface area contributed by atoms with Crippen LogP contribution >= 0.6 is 11.3 Å². The fourth-order valence-electron chi connectivity index (χ4n) is 1.39. The lowest BCUT2D eigenvalue weighted by molar-refractivity contribution is -0.123. The molecule has 94 valence electrons.